The Morgan fingerprint density at radius 1 is 1.17 bits per heavy atom. The monoisotopic (exact) mass is 496 g/mol. The van der Waals surface area contributed by atoms with Crippen molar-refractivity contribution in [3.05, 3.63) is 91.1 Å². The van der Waals surface area contributed by atoms with E-state index in [1.165, 1.54) is 22.6 Å². The summed E-state index contributed by atoms with van der Waals surface area (Å²) in [5.74, 6) is -0.579. The molecule has 0 saturated carbocycles. The van der Waals surface area contributed by atoms with Gasteiger partial charge in [0.2, 0.25) is 5.91 Å². The van der Waals surface area contributed by atoms with Gasteiger partial charge in [-0.1, -0.05) is 42.5 Å². The number of aromatic amines is 1. The third kappa shape index (κ3) is 6.36. The Hall–Kier alpha value is -4.45. The first-order valence-corrected chi connectivity index (χ1v) is 11.3. The number of rotatable bonds is 12. The number of methoxy groups -OCH3 is 1. The first kappa shape index (κ1) is 26.2. The molecule has 0 radical (unpaired) electrons. The molecule has 0 aliphatic heterocycles. The number of H-pyrrole nitrogens is 1. The number of nitro benzene ring substituents is 1. The normalized spacial score (nSPS) is 10.7. The predicted molar refractivity (Wildman–Crippen MR) is 136 cm³/mol. The van der Waals surface area contributed by atoms with E-state index >= 15 is 0 Å². The Bertz CT molecular complexity index is 1320. The molecule has 1 amide bonds. The highest BCUT2D eigenvalue weighted by molar-refractivity contribution is 5.95. The molecule has 12 heteroatoms. The van der Waals surface area contributed by atoms with Crippen LogP contribution in [0, 0.1) is 10.1 Å². The van der Waals surface area contributed by atoms with Gasteiger partial charge in [0, 0.05) is 39.3 Å². The van der Waals surface area contributed by atoms with Crippen LogP contribution in [0.3, 0.4) is 0 Å². The third-order valence-electron chi connectivity index (χ3n) is 5.45. The first-order valence-electron chi connectivity index (χ1n) is 11.3. The summed E-state index contributed by atoms with van der Waals surface area (Å²) in [5.41, 5.74) is 5.63. The van der Waals surface area contributed by atoms with E-state index in [1.54, 1.807) is 18.2 Å². The highest BCUT2D eigenvalue weighted by Crippen LogP contribution is 2.23. The van der Waals surface area contributed by atoms with E-state index in [9.17, 15) is 24.5 Å². The van der Waals surface area contributed by atoms with Crippen molar-refractivity contribution in [1.82, 2.24) is 9.55 Å². The molecule has 0 bridgehead atoms. The zero-order valence-corrected chi connectivity index (χ0v) is 19.8. The number of nitro groups is 1. The summed E-state index contributed by atoms with van der Waals surface area (Å²) in [6, 6.07) is 15.2. The van der Waals surface area contributed by atoms with Gasteiger partial charge in [0.1, 0.15) is 11.5 Å². The minimum Gasteiger partial charge on any atom is -0.385 e. The quantitative estimate of drug-likeness (QED) is 0.194. The fourth-order valence-electron chi connectivity index (χ4n) is 3.71. The second-order valence-electron chi connectivity index (χ2n) is 7.91. The second-order valence-corrected chi connectivity index (χ2v) is 7.91. The Balaban J connectivity index is 1.87. The Morgan fingerprint density at radius 2 is 1.86 bits per heavy atom. The summed E-state index contributed by atoms with van der Waals surface area (Å²) in [6.45, 7) is 0.634. The van der Waals surface area contributed by atoms with E-state index in [0.717, 1.165) is 5.56 Å². The van der Waals surface area contributed by atoms with Crippen LogP contribution in [0.25, 0.3) is 0 Å². The second kappa shape index (κ2) is 12.3. The third-order valence-corrected chi connectivity index (χ3v) is 5.45. The van der Waals surface area contributed by atoms with E-state index in [1.807, 2.05) is 30.3 Å². The molecule has 0 fully saturated rings. The van der Waals surface area contributed by atoms with E-state index in [4.69, 9.17) is 10.5 Å². The van der Waals surface area contributed by atoms with Crippen molar-refractivity contribution in [3.63, 3.8) is 0 Å². The average Bonchev–Trinajstić information content (AvgIpc) is 2.86. The smallest absolute Gasteiger partial charge is 0.330 e. The van der Waals surface area contributed by atoms with Crippen molar-refractivity contribution in [2.75, 3.05) is 42.8 Å². The molecule has 0 aliphatic carbocycles. The van der Waals surface area contributed by atoms with Crippen molar-refractivity contribution < 1.29 is 14.5 Å². The molecule has 0 unspecified atom stereocenters. The Morgan fingerprint density at radius 3 is 2.56 bits per heavy atom. The molecule has 36 heavy (non-hydrogen) atoms. The minimum atomic E-state index is -0.778. The largest absolute Gasteiger partial charge is 0.385 e. The summed E-state index contributed by atoms with van der Waals surface area (Å²) in [6.07, 6.45) is 0.326. The lowest BCUT2D eigenvalue weighted by atomic mass is 10.2. The van der Waals surface area contributed by atoms with Crippen LogP contribution < -0.4 is 27.2 Å². The number of ether oxygens (including phenoxy) is 1. The van der Waals surface area contributed by atoms with Gasteiger partial charge in [0.05, 0.1) is 11.5 Å². The lowest BCUT2D eigenvalue weighted by molar-refractivity contribution is -0.384. The number of carbonyl (C=O) groups excluding carboxylic acids is 1. The minimum absolute atomic E-state index is 0.0753. The molecule has 0 aliphatic rings. The number of para-hydroxylation sites is 2. The van der Waals surface area contributed by atoms with Crippen LogP contribution in [0.2, 0.25) is 0 Å². The molecular weight excluding hydrogens is 468 g/mol. The molecule has 0 saturated heterocycles. The highest BCUT2D eigenvalue weighted by atomic mass is 16.6. The molecule has 3 aromatic rings. The molecule has 1 aromatic heterocycles. The summed E-state index contributed by atoms with van der Waals surface area (Å²) in [5, 5.41) is 14.1. The van der Waals surface area contributed by atoms with Crippen molar-refractivity contribution in [2.45, 2.75) is 19.4 Å². The number of aromatic nitrogens is 2. The van der Waals surface area contributed by atoms with E-state index in [2.05, 4.69) is 10.3 Å². The summed E-state index contributed by atoms with van der Waals surface area (Å²) in [4.78, 5) is 52.7. The van der Waals surface area contributed by atoms with Crippen LogP contribution in [-0.4, -0.2) is 47.2 Å². The van der Waals surface area contributed by atoms with Crippen LogP contribution in [0.15, 0.2) is 64.2 Å². The van der Waals surface area contributed by atoms with Crippen molar-refractivity contribution >= 4 is 28.8 Å². The summed E-state index contributed by atoms with van der Waals surface area (Å²) >= 11 is 0. The summed E-state index contributed by atoms with van der Waals surface area (Å²) in [7, 11) is 1.52. The maximum Gasteiger partial charge on any atom is 0.330 e. The van der Waals surface area contributed by atoms with Gasteiger partial charge in [-0.05, 0) is 18.1 Å². The number of carbonyl (C=O) groups is 1. The maximum atomic E-state index is 13.2. The van der Waals surface area contributed by atoms with Gasteiger partial charge in [0.15, 0.2) is 5.69 Å². The van der Waals surface area contributed by atoms with Crippen molar-refractivity contribution in [1.29, 1.82) is 0 Å². The van der Waals surface area contributed by atoms with E-state index in [0.29, 0.717) is 13.0 Å². The number of hydrogen-bond donors (Lipinski definition) is 3. The highest BCUT2D eigenvalue weighted by Gasteiger charge is 2.24. The molecule has 2 aromatic carbocycles. The number of nitrogens with one attached hydrogen (secondary N) is 2. The fraction of sp³-hybridized carbons (Fsp3) is 0.292. The molecular formula is C24H28N6O6. The number of nitrogen functional groups attached to an aromatic ring is 1. The molecule has 12 nitrogen and oxygen atoms in total. The van der Waals surface area contributed by atoms with Crippen molar-refractivity contribution in [3.8, 4) is 0 Å². The number of amides is 1. The molecule has 4 N–H and O–H groups in total. The lowest BCUT2D eigenvalue weighted by Gasteiger charge is -2.25. The van der Waals surface area contributed by atoms with Gasteiger partial charge < -0.3 is 20.7 Å². The fourth-order valence-corrected chi connectivity index (χ4v) is 3.71. The van der Waals surface area contributed by atoms with Gasteiger partial charge in [-0.2, -0.15) is 0 Å². The van der Waals surface area contributed by atoms with Crippen LogP contribution in [-0.2, 0) is 16.1 Å². The zero-order valence-electron chi connectivity index (χ0n) is 19.8. The van der Waals surface area contributed by atoms with Crippen LogP contribution in [0.5, 0.6) is 0 Å². The van der Waals surface area contributed by atoms with Gasteiger partial charge in [0.25, 0.3) is 11.2 Å². The van der Waals surface area contributed by atoms with Crippen LogP contribution in [0.4, 0.5) is 22.9 Å². The van der Waals surface area contributed by atoms with Gasteiger partial charge in [-0.3, -0.25) is 29.3 Å². The average molecular weight is 497 g/mol. The number of anilines is 3. The van der Waals surface area contributed by atoms with Gasteiger partial charge >= 0.3 is 5.69 Å². The standard InChI is InChI=1S/C24H28N6O6/c1-36-15-7-14-28(20(31)12-13-26-18-10-5-6-11-19(18)30(34)35)21-22(25)29(24(33)27-23(21)32)16-17-8-3-2-4-9-17/h2-6,8-11,26H,7,12-16,25H2,1H3,(H,27,32,33). The molecule has 0 atom stereocenters. The summed E-state index contributed by atoms with van der Waals surface area (Å²) < 4.78 is 6.28. The SMILES string of the molecule is COCCCN(C(=O)CCNc1ccccc1[N+](=O)[O-])c1c(N)n(Cc2ccccc2)c(=O)[nH]c1=O. The number of nitrogens with two attached hydrogens (primary N) is 1. The first-order chi connectivity index (χ1) is 17.3. The zero-order chi connectivity index (χ0) is 26.1. The van der Waals surface area contributed by atoms with Crippen LogP contribution in [0.1, 0.15) is 18.4 Å². The number of benzene rings is 2. The topological polar surface area (TPSA) is 166 Å². The molecule has 190 valence electrons. The molecule has 0 spiro atoms. The van der Waals surface area contributed by atoms with E-state index in [-0.39, 0.29) is 48.9 Å². The number of hydrogen-bond acceptors (Lipinski definition) is 8. The molecule has 1 heterocycles. The van der Waals surface area contributed by atoms with Crippen molar-refractivity contribution in [2.24, 2.45) is 0 Å². The van der Waals surface area contributed by atoms with Gasteiger partial charge in [-0.25, -0.2) is 4.79 Å². The van der Waals surface area contributed by atoms with Crippen LogP contribution >= 0.6 is 0 Å². The Labute approximate surface area is 206 Å². The maximum absolute atomic E-state index is 13.2. The lowest BCUT2D eigenvalue weighted by Crippen LogP contribution is -2.42. The Kier molecular flexibility index (Phi) is 8.95. The van der Waals surface area contributed by atoms with E-state index < -0.39 is 22.1 Å². The van der Waals surface area contributed by atoms with Gasteiger partial charge in [-0.15, -0.1) is 0 Å². The predicted octanol–water partition coefficient (Wildman–Crippen LogP) is 1.95. The number of nitrogens with zero attached hydrogens (tertiary/aromatic N) is 3. The molecule has 3 rings (SSSR count).